The number of nitro benzene ring substituents is 1. The highest BCUT2D eigenvalue weighted by Crippen LogP contribution is 2.21. The Morgan fingerprint density at radius 3 is 2.96 bits per heavy atom. The molecular formula is C14H10N4O4S. The average molecular weight is 330 g/mol. The average Bonchev–Trinajstić information content (AvgIpc) is 3.23. The molecule has 0 radical (unpaired) electrons. The predicted molar refractivity (Wildman–Crippen MR) is 82.2 cm³/mol. The van der Waals surface area contributed by atoms with Gasteiger partial charge in [-0.05, 0) is 12.1 Å². The number of furan rings is 1. The van der Waals surface area contributed by atoms with Crippen LogP contribution < -0.4 is 0 Å². The Bertz CT molecular complexity index is 844. The van der Waals surface area contributed by atoms with E-state index in [-0.39, 0.29) is 22.8 Å². The molecule has 8 nitrogen and oxygen atoms in total. The number of thioether (sulfide) groups is 1. The molecule has 0 saturated heterocycles. The van der Waals surface area contributed by atoms with E-state index in [9.17, 15) is 14.9 Å². The number of nitro groups is 1. The van der Waals surface area contributed by atoms with E-state index in [4.69, 9.17) is 4.42 Å². The fourth-order valence-corrected chi connectivity index (χ4v) is 2.53. The predicted octanol–water partition coefficient (Wildman–Crippen LogP) is 2.95. The Morgan fingerprint density at radius 2 is 2.22 bits per heavy atom. The van der Waals surface area contributed by atoms with Crippen molar-refractivity contribution in [2.45, 2.75) is 5.16 Å². The zero-order chi connectivity index (χ0) is 16.2. The van der Waals surface area contributed by atoms with E-state index in [1.165, 1.54) is 24.5 Å². The Labute approximate surface area is 134 Å². The number of Topliss-reactive ketones (excluding diaryl/α,β-unsaturated/α-hetero) is 1. The minimum atomic E-state index is -0.533. The van der Waals surface area contributed by atoms with Crippen molar-refractivity contribution in [3.05, 3.63) is 58.3 Å². The molecular weight excluding hydrogens is 320 g/mol. The summed E-state index contributed by atoms with van der Waals surface area (Å²) in [5.74, 6) is 0.870. The number of carbonyl (C=O) groups is 1. The molecule has 1 N–H and O–H groups in total. The lowest BCUT2D eigenvalue weighted by Crippen LogP contribution is -2.03. The van der Waals surface area contributed by atoms with Crippen molar-refractivity contribution in [2.24, 2.45) is 0 Å². The van der Waals surface area contributed by atoms with E-state index in [1.807, 2.05) is 0 Å². The third-order valence-corrected chi connectivity index (χ3v) is 3.78. The van der Waals surface area contributed by atoms with Crippen LogP contribution in [0.15, 0.2) is 52.2 Å². The molecule has 0 bridgehead atoms. The number of benzene rings is 1. The highest BCUT2D eigenvalue weighted by atomic mass is 32.2. The number of aromatic nitrogens is 3. The van der Waals surface area contributed by atoms with E-state index in [0.29, 0.717) is 16.7 Å². The molecule has 2 heterocycles. The van der Waals surface area contributed by atoms with Crippen LogP contribution in [0, 0.1) is 10.1 Å². The maximum Gasteiger partial charge on any atom is 0.270 e. The van der Waals surface area contributed by atoms with Crippen LogP contribution in [0.25, 0.3) is 11.6 Å². The topological polar surface area (TPSA) is 115 Å². The molecule has 3 rings (SSSR count). The number of rotatable bonds is 6. The smallest absolute Gasteiger partial charge is 0.270 e. The van der Waals surface area contributed by atoms with Crippen molar-refractivity contribution in [3.63, 3.8) is 0 Å². The number of ketones is 1. The first-order valence-corrected chi connectivity index (χ1v) is 7.49. The standard InChI is InChI=1S/C14H10N4O4S/c19-11(9-3-1-4-10(7-9)18(20)21)8-23-14-15-13(16-17-14)12-5-2-6-22-12/h1-7H,8H2,(H,15,16,17). The number of H-pyrrole nitrogens is 1. The molecule has 0 fully saturated rings. The minimum Gasteiger partial charge on any atom is -0.461 e. The van der Waals surface area contributed by atoms with Crippen molar-refractivity contribution in [1.82, 2.24) is 15.2 Å². The summed E-state index contributed by atoms with van der Waals surface area (Å²) in [7, 11) is 0. The van der Waals surface area contributed by atoms with Crippen molar-refractivity contribution in [2.75, 3.05) is 5.75 Å². The maximum atomic E-state index is 12.1. The van der Waals surface area contributed by atoms with Crippen LogP contribution in [0.5, 0.6) is 0 Å². The van der Waals surface area contributed by atoms with Gasteiger partial charge in [-0.25, -0.2) is 0 Å². The first-order valence-electron chi connectivity index (χ1n) is 6.50. The van der Waals surface area contributed by atoms with Crippen LogP contribution in [-0.4, -0.2) is 31.6 Å². The van der Waals surface area contributed by atoms with Gasteiger partial charge >= 0.3 is 0 Å². The van der Waals surface area contributed by atoms with Crippen LogP contribution in [0.2, 0.25) is 0 Å². The summed E-state index contributed by atoms with van der Waals surface area (Å²) in [5.41, 5.74) is 0.173. The van der Waals surface area contributed by atoms with Gasteiger partial charge in [0.15, 0.2) is 17.4 Å². The Morgan fingerprint density at radius 1 is 1.35 bits per heavy atom. The molecule has 0 aliphatic heterocycles. The summed E-state index contributed by atoms with van der Waals surface area (Å²) < 4.78 is 5.19. The number of hydrogen-bond acceptors (Lipinski definition) is 7. The maximum absolute atomic E-state index is 12.1. The number of non-ortho nitro benzene ring substituents is 1. The third kappa shape index (κ3) is 3.46. The van der Waals surface area contributed by atoms with Crippen molar-refractivity contribution in [3.8, 4) is 11.6 Å². The van der Waals surface area contributed by atoms with Crippen molar-refractivity contribution < 1.29 is 14.1 Å². The van der Waals surface area contributed by atoms with Crippen LogP contribution in [-0.2, 0) is 0 Å². The lowest BCUT2D eigenvalue weighted by molar-refractivity contribution is -0.384. The van der Waals surface area contributed by atoms with Crippen LogP contribution >= 0.6 is 11.8 Å². The van der Waals surface area contributed by atoms with E-state index in [0.717, 1.165) is 11.8 Å². The Balaban J connectivity index is 1.65. The summed E-state index contributed by atoms with van der Waals surface area (Å²) >= 11 is 1.14. The molecule has 3 aromatic rings. The molecule has 0 amide bonds. The molecule has 0 saturated carbocycles. The first kappa shape index (κ1) is 15.0. The molecule has 0 atom stereocenters. The lowest BCUT2D eigenvalue weighted by Gasteiger charge is -1.99. The van der Waals surface area contributed by atoms with Crippen LogP contribution in [0.3, 0.4) is 0 Å². The second kappa shape index (κ2) is 6.44. The quantitative estimate of drug-likeness (QED) is 0.320. The van der Waals surface area contributed by atoms with Gasteiger partial charge in [-0.2, -0.15) is 4.98 Å². The fourth-order valence-electron chi connectivity index (χ4n) is 1.84. The van der Waals surface area contributed by atoms with E-state index in [1.54, 1.807) is 18.2 Å². The van der Waals surface area contributed by atoms with Crippen LogP contribution in [0.1, 0.15) is 10.4 Å². The van der Waals surface area contributed by atoms with Gasteiger partial charge in [0.05, 0.1) is 16.9 Å². The van der Waals surface area contributed by atoms with Crippen molar-refractivity contribution in [1.29, 1.82) is 0 Å². The van der Waals surface area contributed by atoms with Crippen molar-refractivity contribution >= 4 is 23.2 Å². The Kier molecular flexibility index (Phi) is 4.20. The van der Waals surface area contributed by atoms with Gasteiger partial charge in [0.2, 0.25) is 5.16 Å². The molecule has 9 heteroatoms. The summed E-state index contributed by atoms with van der Waals surface area (Å²) in [6.07, 6.45) is 1.52. The third-order valence-electron chi connectivity index (χ3n) is 2.93. The van der Waals surface area contributed by atoms with Gasteiger partial charge in [0.1, 0.15) is 0 Å². The van der Waals surface area contributed by atoms with Crippen LogP contribution in [0.4, 0.5) is 5.69 Å². The molecule has 0 unspecified atom stereocenters. The zero-order valence-electron chi connectivity index (χ0n) is 11.6. The second-order valence-corrected chi connectivity index (χ2v) is 5.41. The van der Waals surface area contributed by atoms with E-state index in [2.05, 4.69) is 15.2 Å². The summed E-state index contributed by atoms with van der Waals surface area (Å²) in [6, 6.07) is 9.10. The monoisotopic (exact) mass is 330 g/mol. The van der Waals surface area contributed by atoms with Gasteiger partial charge in [-0.1, -0.05) is 23.9 Å². The highest BCUT2D eigenvalue weighted by molar-refractivity contribution is 7.99. The number of aromatic amines is 1. The Hall–Kier alpha value is -2.94. The first-order chi connectivity index (χ1) is 11.1. The van der Waals surface area contributed by atoms with Gasteiger partial charge in [0.25, 0.3) is 5.69 Å². The highest BCUT2D eigenvalue weighted by Gasteiger charge is 2.14. The van der Waals surface area contributed by atoms with E-state index < -0.39 is 4.92 Å². The number of hydrogen-bond donors (Lipinski definition) is 1. The molecule has 23 heavy (non-hydrogen) atoms. The number of carbonyl (C=O) groups excluding carboxylic acids is 1. The summed E-state index contributed by atoms with van der Waals surface area (Å²) in [5, 5.41) is 17.8. The summed E-state index contributed by atoms with van der Waals surface area (Å²) in [6.45, 7) is 0. The number of nitrogens with one attached hydrogen (secondary N) is 1. The van der Waals surface area contributed by atoms with Gasteiger partial charge in [0, 0.05) is 17.7 Å². The van der Waals surface area contributed by atoms with Gasteiger partial charge < -0.3 is 4.42 Å². The molecule has 116 valence electrons. The lowest BCUT2D eigenvalue weighted by atomic mass is 10.1. The molecule has 0 aliphatic rings. The van der Waals surface area contributed by atoms with Gasteiger partial charge in [-0.15, -0.1) is 5.10 Å². The molecule has 1 aromatic carbocycles. The van der Waals surface area contributed by atoms with Gasteiger partial charge in [-0.3, -0.25) is 20.0 Å². The SMILES string of the molecule is O=C(CSc1n[nH]c(-c2ccco2)n1)c1cccc([N+](=O)[O-])c1. The molecule has 2 aromatic heterocycles. The zero-order valence-corrected chi connectivity index (χ0v) is 12.4. The second-order valence-electron chi connectivity index (χ2n) is 4.46. The molecule has 0 aliphatic carbocycles. The largest absolute Gasteiger partial charge is 0.461 e. The number of nitrogens with zero attached hydrogens (tertiary/aromatic N) is 3. The van der Waals surface area contributed by atoms with E-state index >= 15 is 0 Å². The molecule has 0 spiro atoms. The summed E-state index contributed by atoms with van der Waals surface area (Å²) in [4.78, 5) is 26.5. The minimum absolute atomic E-state index is 0.0800. The fraction of sp³-hybridized carbons (Fsp3) is 0.0714. The normalized spacial score (nSPS) is 10.6.